The van der Waals surface area contributed by atoms with Gasteiger partial charge in [-0.25, -0.2) is 0 Å². The molecule has 0 aromatic heterocycles. The molecule has 1 aromatic carbocycles. The monoisotopic (exact) mass is 336 g/mol. The molecule has 0 aliphatic heterocycles. The van der Waals surface area contributed by atoms with E-state index in [1.165, 1.54) is 0 Å². The molecule has 0 saturated carbocycles. The Morgan fingerprint density at radius 2 is 1.54 bits per heavy atom. The average Bonchev–Trinajstić information content (AvgIpc) is 2.56. The van der Waals surface area contributed by atoms with Crippen molar-refractivity contribution in [2.45, 2.75) is 59.0 Å². The van der Waals surface area contributed by atoms with E-state index in [4.69, 9.17) is 14.2 Å². The van der Waals surface area contributed by atoms with E-state index in [2.05, 4.69) is 0 Å². The number of carbonyl (C=O) groups is 2. The highest BCUT2D eigenvalue weighted by Gasteiger charge is 2.26. The minimum absolute atomic E-state index is 0.0209. The van der Waals surface area contributed by atoms with E-state index in [0.29, 0.717) is 13.2 Å². The lowest BCUT2D eigenvalue weighted by Gasteiger charge is -2.17. The molecule has 134 valence electrons. The zero-order chi connectivity index (χ0) is 17.9. The Hall–Kier alpha value is -2.04. The number of carbonyl (C=O) groups excluding carboxylic acids is 2. The maximum Gasteiger partial charge on any atom is 0.314 e. The second-order valence-electron chi connectivity index (χ2n) is 5.88. The molecule has 0 N–H and O–H groups in total. The number of ether oxygens (including phenoxy) is 3. The maximum atomic E-state index is 12.3. The molecule has 0 bridgehead atoms. The second-order valence-corrected chi connectivity index (χ2v) is 5.88. The van der Waals surface area contributed by atoms with Crippen molar-refractivity contribution in [3.05, 3.63) is 29.8 Å². The molecule has 1 atom stereocenters. The lowest BCUT2D eigenvalue weighted by Crippen LogP contribution is -2.21. The third kappa shape index (κ3) is 7.02. The number of benzene rings is 1. The molecule has 5 nitrogen and oxygen atoms in total. The predicted molar refractivity (Wildman–Crippen MR) is 92.1 cm³/mol. The molecule has 0 heterocycles. The van der Waals surface area contributed by atoms with Crippen molar-refractivity contribution in [2.24, 2.45) is 0 Å². The summed E-state index contributed by atoms with van der Waals surface area (Å²) in [6, 6.07) is 7.19. The molecule has 1 unspecified atom stereocenters. The molecule has 0 saturated heterocycles. The Morgan fingerprint density at radius 3 is 2.08 bits per heavy atom. The van der Waals surface area contributed by atoms with Gasteiger partial charge < -0.3 is 14.2 Å². The van der Waals surface area contributed by atoms with Gasteiger partial charge in [-0.3, -0.25) is 9.59 Å². The molecule has 0 fully saturated rings. The summed E-state index contributed by atoms with van der Waals surface area (Å²) in [5.74, 6) is -0.724. The van der Waals surface area contributed by atoms with E-state index in [1.54, 1.807) is 24.3 Å². The van der Waals surface area contributed by atoms with Crippen molar-refractivity contribution in [1.82, 2.24) is 0 Å². The first-order valence-corrected chi connectivity index (χ1v) is 8.56. The van der Waals surface area contributed by atoms with Crippen molar-refractivity contribution in [3.8, 4) is 5.75 Å². The van der Waals surface area contributed by atoms with Gasteiger partial charge in [0.15, 0.2) is 0 Å². The van der Waals surface area contributed by atoms with Crippen LogP contribution in [0.5, 0.6) is 5.75 Å². The Balaban J connectivity index is 2.86. The van der Waals surface area contributed by atoms with Crippen LogP contribution >= 0.6 is 0 Å². The van der Waals surface area contributed by atoms with Gasteiger partial charge in [0.2, 0.25) is 0 Å². The van der Waals surface area contributed by atoms with Crippen LogP contribution < -0.4 is 4.74 Å². The van der Waals surface area contributed by atoms with Crippen molar-refractivity contribution in [1.29, 1.82) is 0 Å². The first-order valence-electron chi connectivity index (χ1n) is 8.56. The molecule has 24 heavy (non-hydrogen) atoms. The fraction of sp³-hybridized carbons (Fsp3) is 0.579. The van der Waals surface area contributed by atoms with Crippen LogP contribution in [0, 0.1) is 0 Å². The van der Waals surface area contributed by atoms with Crippen LogP contribution in [0.15, 0.2) is 24.3 Å². The van der Waals surface area contributed by atoms with Gasteiger partial charge >= 0.3 is 11.9 Å². The van der Waals surface area contributed by atoms with Crippen molar-refractivity contribution in [3.63, 3.8) is 0 Å². The summed E-state index contributed by atoms with van der Waals surface area (Å²) < 4.78 is 15.9. The smallest absolute Gasteiger partial charge is 0.314 e. The van der Waals surface area contributed by atoms with E-state index in [0.717, 1.165) is 24.2 Å². The van der Waals surface area contributed by atoms with Gasteiger partial charge in [0, 0.05) is 0 Å². The SMILES string of the molecule is CCCOC(=O)CC(C(=O)OCCC)c1ccc(OC(C)C)cc1. The van der Waals surface area contributed by atoms with Gasteiger partial charge in [0.1, 0.15) is 5.75 Å². The number of hydrogen-bond donors (Lipinski definition) is 0. The third-order valence-corrected chi connectivity index (χ3v) is 3.23. The van der Waals surface area contributed by atoms with E-state index < -0.39 is 17.9 Å². The zero-order valence-corrected chi connectivity index (χ0v) is 15.0. The zero-order valence-electron chi connectivity index (χ0n) is 15.0. The topological polar surface area (TPSA) is 61.8 Å². The van der Waals surface area contributed by atoms with Gasteiger partial charge in [-0.05, 0) is 44.4 Å². The Kier molecular flexibility index (Phi) is 8.90. The second kappa shape index (κ2) is 10.7. The van der Waals surface area contributed by atoms with Crippen molar-refractivity contribution < 1.29 is 23.8 Å². The predicted octanol–water partition coefficient (Wildman–Crippen LogP) is 3.85. The van der Waals surface area contributed by atoms with E-state index >= 15 is 0 Å². The van der Waals surface area contributed by atoms with Crippen LogP contribution in [-0.4, -0.2) is 31.3 Å². The molecule has 0 spiro atoms. The molecular weight excluding hydrogens is 308 g/mol. The highest BCUT2D eigenvalue weighted by molar-refractivity contribution is 5.84. The normalized spacial score (nSPS) is 11.9. The lowest BCUT2D eigenvalue weighted by molar-refractivity contribution is -0.152. The molecule has 0 amide bonds. The van der Waals surface area contributed by atoms with Gasteiger partial charge in [-0.2, -0.15) is 0 Å². The average molecular weight is 336 g/mol. The van der Waals surface area contributed by atoms with Gasteiger partial charge in [0.25, 0.3) is 0 Å². The summed E-state index contributed by atoms with van der Waals surface area (Å²) in [5.41, 5.74) is 0.723. The van der Waals surface area contributed by atoms with E-state index in [1.807, 2.05) is 27.7 Å². The van der Waals surface area contributed by atoms with Crippen LogP contribution in [-0.2, 0) is 19.1 Å². The minimum Gasteiger partial charge on any atom is -0.491 e. The Morgan fingerprint density at radius 1 is 0.958 bits per heavy atom. The van der Waals surface area contributed by atoms with E-state index in [9.17, 15) is 9.59 Å². The highest BCUT2D eigenvalue weighted by atomic mass is 16.5. The van der Waals surface area contributed by atoms with Gasteiger partial charge in [0.05, 0.1) is 31.7 Å². The highest BCUT2D eigenvalue weighted by Crippen LogP contribution is 2.25. The number of hydrogen-bond acceptors (Lipinski definition) is 5. The first-order chi connectivity index (χ1) is 11.5. The van der Waals surface area contributed by atoms with Gasteiger partial charge in [-0.1, -0.05) is 26.0 Å². The fourth-order valence-corrected chi connectivity index (χ4v) is 2.13. The largest absolute Gasteiger partial charge is 0.491 e. The van der Waals surface area contributed by atoms with E-state index in [-0.39, 0.29) is 12.5 Å². The molecule has 0 aliphatic carbocycles. The Labute approximate surface area is 144 Å². The van der Waals surface area contributed by atoms with Gasteiger partial charge in [-0.15, -0.1) is 0 Å². The number of esters is 2. The standard InChI is InChI=1S/C19H28O5/c1-5-11-22-18(20)13-17(19(21)23-12-6-2)15-7-9-16(10-8-15)24-14(3)4/h7-10,14,17H,5-6,11-13H2,1-4H3. The molecule has 0 aliphatic rings. The Bertz CT molecular complexity index is 507. The van der Waals surface area contributed by atoms with Crippen molar-refractivity contribution >= 4 is 11.9 Å². The van der Waals surface area contributed by atoms with Crippen LogP contribution in [0.4, 0.5) is 0 Å². The van der Waals surface area contributed by atoms with Crippen LogP contribution in [0.3, 0.4) is 0 Å². The fourth-order valence-electron chi connectivity index (χ4n) is 2.13. The van der Waals surface area contributed by atoms with Crippen LogP contribution in [0.2, 0.25) is 0 Å². The lowest BCUT2D eigenvalue weighted by atomic mass is 9.95. The summed E-state index contributed by atoms with van der Waals surface area (Å²) >= 11 is 0. The maximum absolute atomic E-state index is 12.3. The summed E-state index contributed by atoms with van der Waals surface area (Å²) in [7, 11) is 0. The first kappa shape index (κ1) is 20.0. The summed E-state index contributed by atoms with van der Waals surface area (Å²) in [4.78, 5) is 24.2. The molecule has 1 rings (SSSR count). The summed E-state index contributed by atoms with van der Waals surface area (Å²) in [6.07, 6.45) is 1.54. The molecular formula is C19H28O5. The molecule has 5 heteroatoms. The van der Waals surface area contributed by atoms with Crippen LogP contribution in [0.1, 0.15) is 58.4 Å². The summed E-state index contributed by atoms with van der Waals surface area (Å²) in [5, 5.41) is 0. The van der Waals surface area contributed by atoms with Crippen LogP contribution in [0.25, 0.3) is 0 Å². The number of rotatable bonds is 10. The minimum atomic E-state index is -0.658. The molecule has 0 radical (unpaired) electrons. The van der Waals surface area contributed by atoms with Crippen molar-refractivity contribution in [2.75, 3.05) is 13.2 Å². The summed E-state index contributed by atoms with van der Waals surface area (Å²) in [6.45, 7) is 8.44. The third-order valence-electron chi connectivity index (χ3n) is 3.23. The quantitative estimate of drug-likeness (QED) is 0.607. The molecule has 1 aromatic rings.